The van der Waals surface area contributed by atoms with Crippen LogP contribution in [0.5, 0.6) is 0 Å². The minimum absolute atomic E-state index is 0.591. The van der Waals surface area contributed by atoms with Crippen LogP contribution in [0, 0.1) is 17.3 Å². The molecule has 0 aliphatic rings. The first-order chi connectivity index (χ1) is 17.6. The van der Waals surface area contributed by atoms with E-state index in [1.807, 2.05) is 5.92 Å². The molecule has 0 heteroatoms. The van der Waals surface area contributed by atoms with E-state index in [1.165, 1.54) is 173 Å². The first kappa shape index (κ1) is 36.0. The second-order valence-corrected chi connectivity index (χ2v) is 12.6. The van der Waals surface area contributed by atoms with Crippen LogP contribution in [-0.4, -0.2) is 0 Å². The normalized spacial score (nSPS) is 13.1. The molecule has 0 aromatic carbocycles. The average Bonchev–Trinajstić information content (AvgIpc) is 2.88. The van der Waals surface area contributed by atoms with Crippen molar-refractivity contribution in [3.05, 3.63) is 5.92 Å². The maximum Gasteiger partial charge on any atom is -0.0236 e. The summed E-state index contributed by atoms with van der Waals surface area (Å²) in [4.78, 5) is 0. The van der Waals surface area contributed by atoms with E-state index < -0.39 is 0 Å². The third-order valence-corrected chi connectivity index (χ3v) is 9.19. The summed E-state index contributed by atoms with van der Waals surface area (Å²) in [5.74, 6) is 2.79. The summed E-state index contributed by atoms with van der Waals surface area (Å²) in [5.41, 5.74) is 0.591. The third kappa shape index (κ3) is 18.3. The maximum atomic E-state index is 2.60. The van der Waals surface area contributed by atoms with Gasteiger partial charge >= 0.3 is 0 Å². The van der Waals surface area contributed by atoms with Crippen LogP contribution in [0.15, 0.2) is 0 Å². The molecule has 0 aromatic rings. The number of hydrogen-bond donors (Lipinski definition) is 0. The maximum absolute atomic E-state index is 2.60. The molecule has 0 rings (SSSR count). The first-order valence-electron chi connectivity index (χ1n) is 17.4. The third-order valence-electron chi connectivity index (χ3n) is 9.19. The lowest BCUT2D eigenvalue weighted by Gasteiger charge is -2.45. The van der Waals surface area contributed by atoms with Crippen LogP contribution < -0.4 is 0 Å². The molecule has 0 bridgehead atoms. The van der Waals surface area contributed by atoms with E-state index in [1.54, 1.807) is 0 Å². The van der Waals surface area contributed by atoms with Gasteiger partial charge in [-0.1, -0.05) is 183 Å². The topological polar surface area (TPSA) is 0 Å². The van der Waals surface area contributed by atoms with E-state index in [2.05, 4.69) is 41.5 Å². The molecule has 36 heavy (non-hydrogen) atoms. The fourth-order valence-corrected chi connectivity index (χ4v) is 6.82. The molecule has 0 spiro atoms. The summed E-state index contributed by atoms with van der Waals surface area (Å²) in [7, 11) is 0. The van der Waals surface area contributed by atoms with Crippen LogP contribution in [0.3, 0.4) is 0 Å². The van der Waals surface area contributed by atoms with Gasteiger partial charge in [0.2, 0.25) is 0 Å². The van der Waals surface area contributed by atoms with Crippen LogP contribution in [0.4, 0.5) is 0 Å². The van der Waals surface area contributed by atoms with Crippen molar-refractivity contribution in [3.8, 4) is 0 Å². The largest absolute Gasteiger partial charge is 0.0654 e. The van der Waals surface area contributed by atoms with Gasteiger partial charge in [-0.2, -0.15) is 0 Å². The van der Waals surface area contributed by atoms with Gasteiger partial charge in [-0.05, 0) is 49.4 Å². The molecule has 0 N–H and O–H groups in total. The van der Waals surface area contributed by atoms with Crippen LogP contribution in [0.1, 0.15) is 215 Å². The minimum Gasteiger partial charge on any atom is -0.0654 e. The van der Waals surface area contributed by atoms with Gasteiger partial charge in [0, 0.05) is 0 Å². The smallest absolute Gasteiger partial charge is 0.0236 e. The highest BCUT2D eigenvalue weighted by Gasteiger charge is 2.39. The van der Waals surface area contributed by atoms with Crippen molar-refractivity contribution in [1.29, 1.82) is 0 Å². The van der Waals surface area contributed by atoms with Crippen LogP contribution >= 0.6 is 0 Å². The van der Waals surface area contributed by atoms with Gasteiger partial charge in [0.05, 0.1) is 0 Å². The monoisotopic (exact) mass is 506 g/mol. The van der Waals surface area contributed by atoms with E-state index in [0.717, 1.165) is 5.92 Å². The molecule has 0 aromatic heterocycles. The molecule has 0 amide bonds. The number of rotatable bonds is 29. The summed E-state index contributed by atoms with van der Waals surface area (Å²) in [5, 5.41) is 0. The Morgan fingerprint density at radius 3 is 1.17 bits per heavy atom. The van der Waals surface area contributed by atoms with Crippen molar-refractivity contribution in [2.24, 2.45) is 11.3 Å². The highest BCUT2D eigenvalue weighted by Crippen LogP contribution is 2.50. The zero-order chi connectivity index (χ0) is 26.7. The van der Waals surface area contributed by atoms with Gasteiger partial charge in [0.1, 0.15) is 0 Å². The van der Waals surface area contributed by atoms with Crippen molar-refractivity contribution in [3.63, 3.8) is 0 Å². The summed E-state index contributed by atoms with van der Waals surface area (Å²) >= 11 is 0. The van der Waals surface area contributed by atoms with Gasteiger partial charge in [0.25, 0.3) is 0 Å². The molecule has 0 fully saturated rings. The summed E-state index contributed by atoms with van der Waals surface area (Å²) in [6.45, 7) is 14.4. The van der Waals surface area contributed by atoms with Gasteiger partial charge in [0.15, 0.2) is 0 Å². The van der Waals surface area contributed by atoms with Gasteiger partial charge < -0.3 is 0 Å². The second-order valence-electron chi connectivity index (χ2n) is 12.6. The Morgan fingerprint density at radius 2 is 0.750 bits per heavy atom. The van der Waals surface area contributed by atoms with E-state index in [-0.39, 0.29) is 0 Å². The Labute approximate surface area is 232 Å². The van der Waals surface area contributed by atoms with Gasteiger partial charge in [-0.15, -0.1) is 0 Å². The molecular formula is C36H73. The van der Waals surface area contributed by atoms with E-state index in [4.69, 9.17) is 0 Å². The Morgan fingerprint density at radius 1 is 0.417 bits per heavy atom. The molecule has 0 saturated heterocycles. The fourth-order valence-electron chi connectivity index (χ4n) is 6.82. The standard InChI is InChI=1S/C36H73/c1-7-12-17-19-21-22-24-29-34(6)35(30-25-23-20-18-13-8-2)36(31-26-14-9-3,32-27-15-10-4)33-28-16-11-5/h35H,7-33H2,1-6H3. The Bertz CT molecular complexity index is 384. The molecular weight excluding hydrogens is 432 g/mol. The molecule has 0 nitrogen and oxygen atoms in total. The predicted octanol–water partition coefficient (Wildman–Crippen LogP) is 13.8. The average molecular weight is 506 g/mol. The van der Waals surface area contributed by atoms with Crippen molar-refractivity contribution in [2.75, 3.05) is 0 Å². The number of hydrogen-bond acceptors (Lipinski definition) is 0. The van der Waals surface area contributed by atoms with Crippen LogP contribution in [0.25, 0.3) is 0 Å². The summed E-state index contributed by atoms with van der Waals surface area (Å²) in [6.07, 6.45) is 38.9. The lowest BCUT2D eigenvalue weighted by Crippen LogP contribution is -2.35. The van der Waals surface area contributed by atoms with Crippen LogP contribution in [-0.2, 0) is 0 Å². The summed E-state index contributed by atoms with van der Waals surface area (Å²) in [6, 6.07) is 0. The van der Waals surface area contributed by atoms with Gasteiger partial charge in [-0.25, -0.2) is 0 Å². The molecule has 0 aliphatic carbocycles. The quantitative estimate of drug-likeness (QED) is 0.0886. The molecule has 217 valence electrons. The molecule has 1 unspecified atom stereocenters. The molecule has 0 saturated carbocycles. The number of unbranched alkanes of at least 4 members (excludes halogenated alkanes) is 17. The Balaban J connectivity index is 5.44. The lowest BCUT2D eigenvalue weighted by atomic mass is 9.60. The highest BCUT2D eigenvalue weighted by molar-refractivity contribution is 5.02. The van der Waals surface area contributed by atoms with Crippen molar-refractivity contribution in [2.45, 2.75) is 215 Å². The fraction of sp³-hybridized carbons (Fsp3) is 0.972. The lowest BCUT2D eigenvalue weighted by molar-refractivity contribution is 0.0961. The summed E-state index contributed by atoms with van der Waals surface area (Å²) < 4.78 is 0. The minimum atomic E-state index is 0.591. The Hall–Kier alpha value is 0. The van der Waals surface area contributed by atoms with E-state index in [0.29, 0.717) is 5.41 Å². The van der Waals surface area contributed by atoms with E-state index in [9.17, 15) is 0 Å². The van der Waals surface area contributed by atoms with E-state index >= 15 is 0 Å². The molecule has 0 aliphatic heterocycles. The molecule has 0 heterocycles. The second kappa shape index (κ2) is 26.6. The predicted molar refractivity (Wildman–Crippen MR) is 168 cm³/mol. The Kier molecular flexibility index (Phi) is 26.6. The zero-order valence-corrected chi connectivity index (χ0v) is 26.7. The SMILES string of the molecule is CCCCCCCCC[C](C)C(CCCCCCCC)C(CCCCC)(CCCCC)CCCCC. The van der Waals surface area contributed by atoms with Gasteiger partial charge in [-0.3, -0.25) is 0 Å². The highest BCUT2D eigenvalue weighted by atomic mass is 14.4. The van der Waals surface area contributed by atoms with Crippen molar-refractivity contribution in [1.82, 2.24) is 0 Å². The van der Waals surface area contributed by atoms with Crippen molar-refractivity contribution < 1.29 is 0 Å². The zero-order valence-electron chi connectivity index (χ0n) is 26.7. The van der Waals surface area contributed by atoms with Crippen molar-refractivity contribution >= 4 is 0 Å². The first-order valence-corrected chi connectivity index (χ1v) is 17.4. The van der Waals surface area contributed by atoms with Crippen LogP contribution in [0.2, 0.25) is 0 Å². The molecule has 1 atom stereocenters. The molecule has 1 radical (unpaired) electrons.